The SMILES string of the molecule is O=C(O)NCCNC(=O)c1ncsc1-c1ccc(F)c(F)c1. The number of hydrogen-bond acceptors (Lipinski definition) is 4. The lowest BCUT2D eigenvalue weighted by Crippen LogP contribution is -2.34. The van der Waals surface area contributed by atoms with Crippen LogP contribution in [0.3, 0.4) is 0 Å². The molecule has 1 aromatic heterocycles. The Kier molecular flexibility index (Phi) is 4.99. The minimum atomic E-state index is -1.19. The van der Waals surface area contributed by atoms with Gasteiger partial charge in [0.1, 0.15) is 5.69 Å². The first-order chi connectivity index (χ1) is 10.5. The van der Waals surface area contributed by atoms with Crippen molar-refractivity contribution in [1.82, 2.24) is 15.6 Å². The average molecular weight is 327 g/mol. The molecule has 0 aliphatic heterocycles. The van der Waals surface area contributed by atoms with Crippen molar-refractivity contribution < 1.29 is 23.5 Å². The van der Waals surface area contributed by atoms with Crippen LogP contribution in [0.1, 0.15) is 10.5 Å². The number of benzene rings is 1. The summed E-state index contributed by atoms with van der Waals surface area (Å²) in [5.41, 5.74) is 1.84. The molecular weight excluding hydrogens is 316 g/mol. The minimum absolute atomic E-state index is 0.0473. The number of rotatable bonds is 5. The van der Waals surface area contributed by atoms with Crippen molar-refractivity contribution in [3.8, 4) is 10.4 Å². The molecule has 0 bridgehead atoms. The van der Waals surface area contributed by atoms with Gasteiger partial charge in [0.15, 0.2) is 11.6 Å². The van der Waals surface area contributed by atoms with E-state index in [1.807, 2.05) is 0 Å². The molecule has 1 heterocycles. The van der Waals surface area contributed by atoms with Gasteiger partial charge in [-0.3, -0.25) is 4.79 Å². The molecule has 1 aromatic carbocycles. The molecule has 0 aliphatic carbocycles. The highest BCUT2D eigenvalue weighted by molar-refractivity contribution is 7.13. The van der Waals surface area contributed by atoms with Crippen molar-refractivity contribution in [3.05, 3.63) is 41.0 Å². The van der Waals surface area contributed by atoms with E-state index >= 15 is 0 Å². The Morgan fingerprint density at radius 2 is 1.91 bits per heavy atom. The highest BCUT2D eigenvalue weighted by Gasteiger charge is 2.17. The van der Waals surface area contributed by atoms with Crippen LogP contribution < -0.4 is 10.6 Å². The van der Waals surface area contributed by atoms with Crippen molar-refractivity contribution in [2.24, 2.45) is 0 Å². The topological polar surface area (TPSA) is 91.3 Å². The molecule has 2 rings (SSSR count). The summed E-state index contributed by atoms with van der Waals surface area (Å²) >= 11 is 1.12. The van der Waals surface area contributed by atoms with Crippen LogP contribution in [-0.2, 0) is 0 Å². The molecule has 3 N–H and O–H groups in total. The van der Waals surface area contributed by atoms with Crippen LogP contribution in [0.4, 0.5) is 13.6 Å². The Morgan fingerprint density at radius 1 is 1.18 bits per heavy atom. The van der Waals surface area contributed by atoms with Crippen LogP contribution in [0.5, 0.6) is 0 Å². The summed E-state index contributed by atoms with van der Waals surface area (Å²) in [4.78, 5) is 26.6. The van der Waals surface area contributed by atoms with Crippen molar-refractivity contribution in [1.29, 1.82) is 0 Å². The maximum absolute atomic E-state index is 13.3. The molecule has 2 amide bonds. The zero-order chi connectivity index (χ0) is 16.1. The second kappa shape index (κ2) is 6.94. The summed E-state index contributed by atoms with van der Waals surface area (Å²) in [5, 5.41) is 13.0. The van der Waals surface area contributed by atoms with E-state index in [1.54, 1.807) is 0 Å². The quantitative estimate of drug-likeness (QED) is 0.733. The fourth-order valence-corrected chi connectivity index (χ4v) is 2.46. The largest absolute Gasteiger partial charge is 0.465 e. The fourth-order valence-electron chi connectivity index (χ4n) is 1.68. The fraction of sp³-hybridized carbons (Fsp3) is 0.154. The lowest BCUT2D eigenvalue weighted by Gasteiger charge is -2.06. The summed E-state index contributed by atoms with van der Waals surface area (Å²) in [7, 11) is 0. The summed E-state index contributed by atoms with van der Waals surface area (Å²) in [6.45, 7) is 0.131. The normalized spacial score (nSPS) is 10.3. The molecule has 6 nitrogen and oxygen atoms in total. The summed E-state index contributed by atoms with van der Waals surface area (Å²) in [6.07, 6.45) is -1.19. The first kappa shape index (κ1) is 15.8. The van der Waals surface area contributed by atoms with Gasteiger partial charge in [-0.05, 0) is 17.7 Å². The minimum Gasteiger partial charge on any atom is -0.465 e. The van der Waals surface area contributed by atoms with Gasteiger partial charge in [0.05, 0.1) is 10.4 Å². The average Bonchev–Trinajstić information content (AvgIpc) is 2.95. The number of hydrogen-bond donors (Lipinski definition) is 3. The molecule has 9 heteroatoms. The number of thiazole rings is 1. The van der Waals surface area contributed by atoms with Crippen molar-refractivity contribution in [2.75, 3.05) is 13.1 Å². The van der Waals surface area contributed by atoms with Gasteiger partial charge < -0.3 is 15.7 Å². The van der Waals surface area contributed by atoms with Gasteiger partial charge in [0.2, 0.25) is 0 Å². The number of nitrogens with one attached hydrogen (secondary N) is 2. The van der Waals surface area contributed by atoms with E-state index in [0.717, 1.165) is 23.5 Å². The van der Waals surface area contributed by atoms with Gasteiger partial charge in [0.25, 0.3) is 5.91 Å². The third-order valence-electron chi connectivity index (χ3n) is 2.65. The molecule has 0 saturated heterocycles. The van der Waals surface area contributed by atoms with Crippen LogP contribution in [0.15, 0.2) is 23.7 Å². The lowest BCUT2D eigenvalue weighted by molar-refractivity contribution is 0.0949. The Balaban J connectivity index is 2.10. The molecule has 22 heavy (non-hydrogen) atoms. The van der Waals surface area contributed by atoms with E-state index in [4.69, 9.17) is 5.11 Å². The third-order valence-corrected chi connectivity index (χ3v) is 3.53. The van der Waals surface area contributed by atoms with E-state index in [0.29, 0.717) is 10.4 Å². The third kappa shape index (κ3) is 3.76. The maximum atomic E-state index is 13.3. The van der Waals surface area contributed by atoms with Gasteiger partial charge in [-0.2, -0.15) is 0 Å². The molecule has 0 fully saturated rings. The number of carbonyl (C=O) groups is 2. The van der Waals surface area contributed by atoms with Gasteiger partial charge >= 0.3 is 6.09 Å². The van der Waals surface area contributed by atoms with Crippen LogP contribution in [0.2, 0.25) is 0 Å². The predicted octanol–water partition coefficient (Wildman–Crippen LogP) is 2.09. The number of halogens is 2. The number of carbonyl (C=O) groups excluding carboxylic acids is 1. The molecular formula is C13H11F2N3O3S. The Morgan fingerprint density at radius 3 is 2.59 bits per heavy atom. The standard InChI is InChI=1S/C13H11F2N3O3S/c14-8-2-1-7(5-9(8)15)11-10(18-6-22-11)12(19)16-3-4-17-13(20)21/h1-2,5-6,17H,3-4H2,(H,16,19)(H,20,21). The zero-order valence-corrected chi connectivity index (χ0v) is 11.9. The van der Waals surface area contributed by atoms with Gasteiger partial charge in [-0.25, -0.2) is 18.6 Å². The van der Waals surface area contributed by atoms with Gasteiger partial charge in [-0.1, -0.05) is 6.07 Å². The molecule has 116 valence electrons. The molecule has 0 unspecified atom stereocenters. The highest BCUT2D eigenvalue weighted by Crippen LogP contribution is 2.28. The Labute approximate surface area is 127 Å². The van der Waals surface area contributed by atoms with Gasteiger partial charge in [0, 0.05) is 13.1 Å². The van der Waals surface area contributed by atoms with E-state index in [-0.39, 0.29) is 18.8 Å². The summed E-state index contributed by atoms with van der Waals surface area (Å²) < 4.78 is 26.2. The van der Waals surface area contributed by atoms with Crippen LogP contribution in [0.25, 0.3) is 10.4 Å². The molecule has 0 radical (unpaired) electrons. The van der Waals surface area contributed by atoms with E-state index < -0.39 is 23.6 Å². The number of carboxylic acid groups (broad SMARTS) is 1. The summed E-state index contributed by atoms with van der Waals surface area (Å²) in [5.74, 6) is -2.50. The van der Waals surface area contributed by atoms with Gasteiger partial charge in [-0.15, -0.1) is 11.3 Å². The maximum Gasteiger partial charge on any atom is 0.404 e. The summed E-state index contributed by atoms with van der Waals surface area (Å²) in [6, 6.07) is 3.32. The highest BCUT2D eigenvalue weighted by atomic mass is 32.1. The van der Waals surface area contributed by atoms with E-state index in [9.17, 15) is 18.4 Å². The first-order valence-corrected chi connectivity index (χ1v) is 7.01. The Hall–Kier alpha value is -2.55. The molecule has 0 atom stereocenters. The van der Waals surface area contributed by atoms with Crippen LogP contribution in [-0.4, -0.2) is 35.2 Å². The van der Waals surface area contributed by atoms with E-state index in [1.165, 1.54) is 11.6 Å². The molecule has 0 saturated carbocycles. The van der Waals surface area contributed by atoms with Crippen LogP contribution in [0, 0.1) is 11.6 Å². The van der Waals surface area contributed by atoms with E-state index in [2.05, 4.69) is 15.6 Å². The number of nitrogens with zero attached hydrogens (tertiary/aromatic N) is 1. The second-order valence-electron chi connectivity index (χ2n) is 4.15. The van der Waals surface area contributed by atoms with Crippen molar-refractivity contribution in [3.63, 3.8) is 0 Å². The first-order valence-electron chi connectivity index (χ1n) is 6.13. The molecule has 0 aliphatic rings. The predicted molar refractivity (Wildman–Crippen MR) is 75.8 cm³/mol. The second-order valence-corrected chi connectivity index (χ2v) is 5.00. The van der Waals surface area contributed by atoms with Crippen LogP contribution >= 0.6 is 11.3 Å². The zero-order valence-electron chi connectivity index (χ0n) is 11.1. The van der Waals surface area contributed by atoms with Crippen molar-refractivity contribution in [2.45, 2.75) is 0 Å². The lowest BCUT2D eigenvalue weighted by atomic mass is 10.1. The molecule has 2 aromatic rings. The number of aromatic nitrogens is 1. The monoisotopic (exact) mass is 327 g/mol. The smallest absolute Gasteiger partial charge is 0.404 e. The molecule has 0 spiro atoms. The Bertz CT molecular complexity index is 706. The van der Waals surface area contributed by atoms with Crippen molar-refractivity contribution >= 4 is 23.3 Å². The number of amides is 2.